The summed E-state index contributed by atoms with van der Waals surface area (Å²) in [6, 6.07) is 16.4. The maximum Gasteiger partial charge on any atom is 0.223 e. The van der Waals surface area contributed by atoms with Gasteiger partial charge in [0.15, 0.2) is 0 Å². The van der Waals surface area contributed by atoms with Gasteiger partial charge in [-0.25, -0.2) is 0 Å². The molecule has 2 aliphatic heterocycles. The number of aromatic nitrogens is 1. The molecule has 4 nitrogen and oxygen atoms in total. The Morgan fingerprint density at radius 2 is 1.81 bits per heavy atom. The maximum atomic E-state index is 12.5. The Balaban J connectivity index is 1.29. The van der Waals surface area contributed by atoms with E-state index in [1.807, 2.05) is 41.4 Å². The van der Waals surface area contributed by atoms with Gasteiger partial charge in [-0.3, -0.25) is 14.7 Å². The number of amides is 1. The van der Waals surface area contributed by atoms with Crippen molar-refractivity contribution in [1.29, 1.82) is 0 Å². The Morgan fingerprint density at radius 3 is 2.56 bits per heavy atom. The van der Waals surface area contributed by atoms with Crippen molar-refractivity contribution < 1.29 is 4.79 Å². The lowest BCUT2D eigenvalue weighted by Crippen LogP contribution is -2.41. The Labute approximate surface area is 161 Å². The molecule has 2 saturated heterocycles. The minimum absolute atomic E-state index is 0.179. The molecule has 0 unspecified atom stereocenters. The van der Waals surface area contributed by atoms with Crippen molar-refractivity contribution in [3.63, 3.8) is 0 Å². The summed E-state index contributed by atoms with van der Waals surface area (Å²) in [5.74, 6) is 0.311. The minimum Gasteiger partial charge on any atom is -0.338 e. The predicted octanol–water partition coefficient (Wildman–Crippen LogP) is 3.61. The van der Waals surface area contributed by atoms with Gasteiger partial charge in [0.2, 0.25) is 5.91 Å². The summed E-state index contributed by atoms with van der Waals surface area (Å²) in [6.45, 7) is 4.64. The van der Waals surface area contributed by atoms with E-state index >= 15 is 0 Å². The Kier molecular flexibility index (Phi) is 5.35. The molecular weight excluding hydrogens is 334 g/mol. The monoisotopic (exact) mass is 361 g/mol. The van der Waals surface area contributed by atoms with Gasteiger partial charge in [0.05, 0.1) is 5.69 Å². The molecule has 2 aliphatic rings. The van der Waals surface area contributed by atoms with E-state index in [-0.39, 0.29) is 5.41 Å². The first kappa shape index (κ1) is 17.9. The number of pyridine rings is 1. The maximum absolute atomic E-state index is 12.5. The van der Waals surface area contributed by atoms with Crippen LogP contribution < -0.4 is 0 Å². The highest BCUT2D eigenvalue weighted by atomic mass is 16.2. The fourth-order valence-corrected chi connectivity index (χ4v) is 4.27. The summed E-state index contributed by atoms with van der Waals surface area (Å²) in [5, 5.41) is 0. The average molecular weight is 361 g/mol. The summed E-state index contributed by atoms with van der Waals surface area (Å²) in [7, 11) is 0. The largest absolute Gasteiger partial charge is 0.338 e. The van der Waals surface area contributed by atoms with Gasteiger partial charge in [-0.05, 0) is 49.0 Å². The SMILES string of the molecule is O=C1CC2(CCN(Cc3ccccn3)CC2)CN1CC=Cc1ccccc1. The first-order valence-corrected chi connectivity index (χ1v) is 9.84. The lowest BCUT2D eigenvalue weighted by molar-refractivity contribution is -0.127. The molecule has 0 saturated carbocycles. The lowest BCUT2D eigenvalue weighted by atomic mass is 9.77. The van der Waals surface area contributed by atoms with E-state index in [0.717, 1.165) is 44.7 Å². The van der Waals surface area contributed by atoms with Crippen LogP contribution in [0.1, 0.15) is 30.5 Å². The molecule has 3 heterocycles. The number of benzene rings is 1. The first-order chi connectivity index (χ1) is 13.2. The van der Waals surface area contributed by atoms with E-state index in [1.165, 1.54) is 5.56 Å². The molecule has 1 amide bonds. The van der Waals surface area contributed by atoms with Gasteiger partial charge < -0.3 is 4.90 Å². The normalized spacial score (nSPS) is 20.0. The zero-order valence-electron chi connectivity index (χ0n) is 15.8. The third kappa shape index (κ3) is 4.45. The highest BCUT2D eigenvalue weighted by Gasteiger charge is 2.44. The number of piperidine rings is 1. The number of rotatable bonds is 5. The van der Waals surface area contributed by atoms with Crippen LogP contribution in [0.5, 0.6) is 0 Å². The molecule has 2 fully saturated rings. The minimum atomic E-state index is 0.179. The van der Waals surface area contributed by atoms with Crippen LogP contribution in [0.25, 0.3) is 6.08 Å². The number of carbonyl (C=O) groups excluding carboxylic acids is 1. The van der Waals surface area contributed by atoms with Crippen LogP contribution in [0, 0.1) is 5.41 Å². The van der Waals surface area contributed by atoms with Crippen LogP contribution >= 0.6 is 0 Å². The molecule has 0 N–H and O–H groups in total. The van der Waals surface area contributed by atoms with E-state index in [4.69, 9.17) is 0 Å². The molecule has 140 valence electrons. The van der Waals surface area contributed by atoms with Crippen molar-refractivity contribution in [2.45, 2.75) is 25.8 Å². The zero-order valence-corrected chi connectivity index (χ0v) is 15.8. The van der Waals surface area contributed by atoms with Crippen LogP contribution in [0.2, 0.25) is 0 Å². The van der Waals surface area contributed by atoms with Crippen LogP contribution in [-0.2, 0) is 11.3 Å². The standard InChI is InChI=1S/C23H27N3O/c27-22-17-23(19-26(22)14-6-9-20-7-2-1-3-8-20)11-15-25(16-12-23)18-21-10-4-5-13-24-21/h1-10,13H,11-12,14-19H2. The number of likely N-dealkylation sites (tertiary alicyclic amines) is 2. The van der Waals surface area contributed by atoms with Crippen molar-refractivity contribution >= 4 is 12.0 Å². The van der Waals surface area contributed by atoms with E-state index in [9.17, 15) is 4.79 Å². The van der Waals surface area contributed by atoms with Crippen LogP contribution in [0.3, 0.4) is 0 Å². The van der Waals surface area contributed by atoms with Crippen LogP contribution in [0.4, 0.5) is 0 Å². The van der Waals surface area contributed by atoms with Gasteiger partial charge in [-0.2, -0.15) is 0 Å². The predicted molar refractivity (Wildman–Crippen MR) is 108 cm³/mol. The highest BCUT2D eigenvalue weighted by molar-refractivity contribution is 5.79. The fraction of sp³-hybridized carbons (Fsp3) is 0.391. The number of nitrogens with zero attached hydrogens (tertiary/aromatic N) is 3. The lowest BCUT2D eigenvalue weighted by Gasteiger charge is -2.38. The molecule has 0 atom stereocenters. The summed E-state index contributed by atoms with van der Waals surface area (Å²) in [5.41, 5.74) is 2.49. The van der Waals surface area contributed by atoms with Gasteiger partial charge in [-0.15, -0.1) is 0 Å². The second kappa shape index (κ2) is 8.05. The first-order valence-electron chi connectivity index (χ1n) is 9.84. The summed E-state index contributed by atoms with van der Waals surface area (Å²) in [6.07, 6.45) is 8.99. The average Bonchev–Trinajstić information content (AvgIpc) is 3.01. The molecule has 0 radical (unpaired) electrons. The van der Waals surface area contributed by atoms with E-state index < -0.39 is 0 Å². The Bertz CT molecular complexity index is 780. The topological polar surface area (TPSA) is 36.4 Å². The molecule has 1 aromatic carbocycles. The second-order valence-corrected chi connectivity index (χ2v) is 7.86. The van der Waals surface area contributed by atoms with E-state index in [1.54, 1.807) is 0 Å². The van der Waals surface area contributed by atoms with E-state index in [0.29, 0.717) is 18.9 Å². The number of hydrogen-bond acceptors (Lipinski definition) is 3. The van der Waals surface area contributed by atoms with Crippen LogP contribution in [-0.4, -0.2) is 46.9 Å². The van der Waals surface area contributed by atoms with Gasteiger partial charge in [-0.1, -0.05) is 48.6 Å². The summed E-state index contributed by atoms with van der Waals surface area (Å²) < 4.78 is 0. The molecule has 4 rings (SSSR count). The molecular formula is C23H27N3O. The fourth-order valence-electron chi connectivity index (χ4n) is 4.27. The van der Waals surface area contributed by atoms with Gasteiger partial charge in [0.25, 0.3) is 0 Å². The van der Waals surface area contributed by atoms with Crippen molar-refractivity contribution in [2.75, 3.05) is 26.2 Å². The molecule has 0 aliphatic carbocycles. The molecule has 0 bridgehead atoms. The smallest absolute Gasteiger partial charge is 0.223 e. The number of carbonyl (C=O) groups is 1. The number of hydrogen-bond donors (Lipinski definition) is 0. The van der Waals surface area contributed by atoms with Gasteiger partial charge >= 0.3 is 0 Å². The third-order valence-corrected chi connectivity index (χ3v) is 5.87. The molecule has 4 heteroatoms. The van der Waals surface area contributed by atoms with Gasteiger partial charge in [0, 0.05) is 32.3 Å². The van der Waals surface area contributed by atoms with Crippen molar-refractivity contribution in [3.05, 3.63) is 72.1 Å². The van der Waals surface area contributed by atoms with Crippen molar-refractivity contribution in [1.82, 2.24) is 14.8 Å². The van der Waals surface area contributed by atoms with Crippen LogP contribution in [0.15, 0.2) is 60.8 Å². The Hall–Kier alpha value is -2.46. The van der Waals surface area contributed by atoms with Gasteiger partial charge in [0.1, 0.15) is 0 Å². The van der Waals surface area contributed by atoms with Crippen molar-refractivity contribution in [3.8, 4) is 0 Å². The molecule has 1 spiro atoms. The molecule has 27 heavy (non-hydrogen) atoms. The van der Waals surface area contributed by atoms with Crippen molar-refractivity contribution in [2.24, 2.45) is 5.41 Å². The molecule has 1 aromatic heterocycles. The zero-order chi connectivity index (χ0) is 18.5. The molecule has 2 aromatic rings. The quantitative estimate of drug-likeness (QED) is 0.816. The van der Waals surface area contributed by atoms with E-state index in [2.05, 4.69) is 40.2 Å². The summed E-state index contributed by atoms with van der Waals surface area (Å²) in [4.78, 5) is 21.5. The Morgan fingerprint density at radius 1 is 1.04 bits per heavy atom. The second-order valence-electron chi connectivity index (χ2n) is 7.86. The third-order valence-electron chi connectivity index (χ3n) is 5.87. The summed E-state index contributed by atoms with van der Waals surface area (Å²) >= 11 is 0. The highest BCUT2D eigenvalue weighted by Crippen LogP contribution is 2.41.